The van der Waals surface area contributed by atoms with Gasteiger partial charge in [0, 0.05) is 5.56 Å². The second-order valence-corrected chi connectivity index (χ2v) is 5.34. The molecule has 0 amide bonds. The molecule has 14 heavy (non-hydrogen) atoms. The highest BCUT2D eigenvalue weighted by Crippen LogP contribution is 2.21. The van der Waals surface area contributed by atoms with E-state index in [1.807, 2.05) is 6.07 Å². The quantitative estimate of drug-likeness (QED) is 0.754. The highest BCUT2D eigenvalue weighted by Gasteiger charge is 2.06. The Labute approximate surface area is 98.5 Å². The molecule has 0 aliphatic carbocycles. The lowest BCUT2D eigenvalue weighted by Crippen LogP contribution is -1.85. The van der Waals surface area contributed by atoms with Gasteiger partial charge >= 0.3 is 0 Å². The number of aromatic nitrogens is 2. The summed E-state index contributed by atoms with van der Waals surface area (Å²) in [7, 11) is 0. The molecule has 0 radical (unpaired) electrons. The Hall–Kier alpha value is -0.560. The van der Waals surface area contributed by atoms with Crippen LogP contribution in [0.3, 0.4) is 0 Å². The van der Waals surface area contributed by atoms with Gasteiger partial charge in [-0.05, 0) is 52.7 Å². The lowest BCUT2D eigenvalue weighted by Gasteiger charge is -1.98. The van der Waals surface area contributed by atoms with Crippen LogP contribution >= 0.6 is 34.1 Å². The summed E-state index contributed by atoms with van der Waals surface area (Å²) < 4.78 is 18.2. The van der Waals surface area contributed by atoms with Gasteiger partial charge in [-0.25, -0.2) is 9.37 Å². The van der Waals surface area contributed by atoms with Crippen molar-refractivity contribution in [2.45, 2.75) is 6.92 Å². The molecule has 72 valence electrons. The van der Waals surface area contributed by atoms with E-state index in [4.69, 9.17) is 0 Å². The SMILES string of the molecule is Cc1ccc(-c2nsc(I)n2)cc1F. The van der Waals surface area contributed by atoms with Crippen LogP contribution in [-0.4, -0.2) is 9.36 Å². The van der Waals surface area contributed by atoms with Crippen molar-refractivity contribution < 1.29 is 4.39 Å². The second kappa shape index (κ2) is 3.90. The van der Waals surface area contributed by atoms with Crippen molar-refractivity contribution in [3.63, 3.8) is 0 Å². The van der Waals surface area contributed by atoms with Crippen molar-refractivity contribution in [3.05, 3.63) is 32.6 Å². The number of nitrogens with zero attached hydrogens (tertiary/aromatic N) is 2. The number of rotatable bonds is 1. The van der Waals surface area contributed by atoms with Gasteiger partial charge in [-0.15, -0.1) is 0 Å². The lowest BCUT2D eigenvalue weighted by atomic mass is 10.1. The normalized spacial score (nSPS) is 10.5. The predicted octanol–water partition coefficient (Wildman–Crippen LogP) is 3.26. The summed E-state index contributed by atoms with van der Waals surface area (Å²) in [5, 5.41) is 0. The third-order valence-electron chi connectivity index (χ3n) is 1.83. The summed E-state index contributed by atoms with van der Waals surface area (Å²) in [5.74, 6) is 0.380. The van der Waals surface area contributed by atoms with Gasteiger partial charge in [0.15, 0.2) is 8.84 Å². The molecule has 2 rings (SSSR count). The molecule has 0 spiro atoms. The molecular weight excluding hydrogens is 314 g/mol. The molecule has 1 aromatic carbocycles. The van der Waals surface area contributed by atoms with Crippen LogP contribution in [0.2, 0.25) is 0 Å². The summed E-state index contributed by atoms with van der Waals surface area (Å²) in [6.07, 6.45) is 0. The fraction of sp³-hybridized carbons (Fsp3) is 0.111. The third kappa shape index (κ3) is 1.93. The maximum Gasteiger partial charge on any atom is 0.174 e. The highest BCUT2D eigenvalue weighted by atomic mass is 127. The van der Waals surface area contributed by atoms with Crippen LogP contribution < -0.4 is 0 Å². The maximum absolute atomic E-state index is 13.2. The Kier molecular flexibility index (Phi) is 2.78. The number of aryl methyl sites for hydroxylation is 1. The van der Waals surface area contributed by atoms with Crippen LogP contribution in [0, 0.1) is 15.8 Å². The van der Waals surface area contributed by atoms with Crippen molar-refractivity contribution in [3.8, 4) is 11.4 Å². The lowest BCUT2D eigenvalue weighted by molar-refractivity contribution is 0.619. The Morgan fingerprint density at radius 1 is 1.43 bits per heavy atom. The summed E-state index contributed by atoms with van der Waals surface area (Å²) >= 11 is 3.41. The molecule has 2 nitrogen and oxygen atoms in total. The zero-order valence-electron chi connectivity index (χ0n) is 7.29. The van der Waals surface area contributed by atoms with Crippen molar-refractivity contribution in [2.24, 2.45) is 0 Å². The molecule has 0 saturated carbocycles. The highest BCUT2D eigenvalue weighted by molar-refractivity contribution is 14.1. The first-order valence-corrected chi connectivity index (χ1v) is 5.78. The first-order valence-electron chi connectivity index (χ1n) is 3.92. The molecular formula is C9H6FIN2S. The van der Waals surface area contributed by atoms with Gasteiger partial charge in [-0.2, -0.15) is 4.37 Å². The van der Waals surface area contributed by atoms with E-state index in [1.54, 1.807) is 13.0 Å². The molecule has 0 N–H and O–H groups in total. The predicted molar refractivity (Wildman–Crippen MR) is 62.8 cm³/mol. The van der Waals surface area contributed by atoms with E-state index in [2.05, 4.69) is 31.9 Å². The minimum atomic E-state index is -0.215. The van der Waals surface area contributed by atoms with Crippen LogP contribution in [-0.2, 0) is 0 Å². The molecule has 1 heterocycles. The summed E-state index contributed by atoms with van der Waals surface area (Å²) in [6, 6.07) is 5.03. The number of benzene rings is 1. The van der Waals surface area contributed by atoms with Gasteiger partial charge in [0.1, 0.15) is 5.82 Å². The van der Waals surface area contributed by atoms with Crippen molar-refractivity contribution >= 4 is 34.1 Å². The minimum absolute atomic E-state index is 0.215. The Morgan fingerprint density at radius 2 is 2.21 bits per heavy atom. The van der Waals surface area contributed by atoms with E-state index >= 15 is 0 Å². The smallest absolute Gasteiger partial charge is 0.174 e. The minimum Gasteiger partial charge on any atom is -0.209 e. The van der Waals surface area contributed by atoms with Crippen molar-refractivity contribution in [1.82, 2.24) is 9.36 Å². The summed E-state index contributed by atoms with van der Waals surface area (Å²) in [5.41, 5.74) is 1.37. The van der Waals surface area contributed by atoms with Crippen LogP contribution in [0.15, 0.2) is 18.2 Å². The average Bonchev–Trinajstić information content (AvgIpc) is 2.57. The molecule has 0 atom stereocenters. The van der Waals surface area contributed by atoms with E-state index < -0.39 is 0 Å². The van der Waals surface area contributed by atoms with Gasteiger partial charge in [0.05, 0.1) is 0 Å². The van der Waals surface area contributed by atoms with E-state index in [0.29, 0.717) is 11.4 Å². The van der Waals surface area contributed by atoms with Crippen LogP contribution in [0.5, 0.6) is 0 Å². The standard InChI is InChI=1S/C9H6FIN2S/c1-5-2-3-6(4-7(5)10)8-12-9(11)14-13-8/h2-4H,1H3. The monoisotopic (exact) mass is 320 g/mol. The second-order valence-electron chi connectivity index (χ2n) is 2.83. The van der Waals surface area contributed by atoms with Gasteiger partial charge < -0.3 is 0 Å². The molecule has 0 unspecified atom stereocenters. The fourth-order valence-corrected chi connectivity index (χ4v) is 2.01. The molecule has 0 aliphatic rings. The van der Waals surface area contributed by atoms with Crippen LogP contribution in [0.1, 0.15) is 5.56 Å². The van der Waals surface area contributed by atoms with E-state index in [-0.39, 0.29) is 5.82 Å². The summed E-state index contributed by atoms with van der Waals surface area (Å²) in [6.45, 7) is 1.73. The molecule has 5 heteroatoms. The Balaban J connectivity index is 2.47. The molecule has 0 bridgehead atoms. The molecule has 0 aliphatic heterocycles. The Morgan fingerprint density at radius 3 is 2.79 bits per heavy atom. The topological polar surface area (TPSA) is 25.8 Å². The zero-order chi connectivity index (χ0) is 10.1. The van der Waals surface area contributed by atoms with Crippen molar-refractivity contribution in [1.29, 1.82) is 0 Å². The van der Waals surface area contributed by atoms with Gasteiger partial charge in [-0.1, -0.05) is 12.1 Å². The first kappa shape index (κ1) is 9.97. The van der Waals surface area contributed by atoms with Crippen LogP contribution in [0.4, 0.5) is 4.39 Å². The zero-order valence-corrected chi connectivity index (χ0v) is 10.3. The number of halogens is 2. The van der Waals surface area contributed by atoms with E-state index in [1.165, 1.54) is 17.6 Å². The third-order valence-corrected chi connectivity index (χ3v) is 3.17. The van der Waals surface area contributed by atoms with Gasteiger partial charge in [0.2, 0.25) is 0 Å². The summed E-state index contributed by atoms with van der Waals surface area (Å²) in [4.78, 5) is 4.18. The van der Waals surface area contributed by atoms with Gasteiger partial charge in [-0.3, -0.25) is 0 Å². The molecule has 1 aromatic heterocycles. The molecule has 2 aromatic rings. The fourth-order valence-electron chi connectivity index (χ4n) is 1.05. The molecule has 0 saturated heterocycles. The number of hydrogen-bond acceptors (Lipinski definition) is 3. The first-order chi connectivity index (χ1) is 6.66. The van der Waals surface area contributed by atoms with Crippen molar-refractivity contribution in [2.75, 3.05) is 0 Å². The maximum atomic E-state index is 13.2. The van der Waals surface area contributed by atoms with Gasteiger partial charge in [0.25, 0.3) is 0 Å². The largest absolute Gasteiger partial charge is 0.209 e. The van der Waals surface area contributed by atoms with E-state index in [0.717, 1.165) is 8.58 Å². The van der Waals surface area contributed by atoms with E-state index in [9.17, 15) is 4.39 Å². The Bertz CT molecular complexity index is 470. The molecule has 0 fully saturated rings. The number of hydrogen-bond donors (Lipinski definition) is 0. The van der Waals surface area contributed by atoms with Crippen LogP contribution in [0.25, 0.3) is 11.4 Å². The average molecular weight is 320 g/mol.